The predicted octanol–water partition coefficient (Wildman–Crippen LogP) is 3.38. The van der Waals surface area contributed by atoms with Crippen LogP contribution in [0.2, 0.25) is 0 Å². The number of rotatable bonds is 6. The van der Waals surface area contributed by atoms with Gasteiger partial charge in [-0.15, -0.1) is 0 Å². The molecule has 0 unspecified atom stereocenters. The van der Waals surface area contributed by atoms with E-state index in [4.69, 9.17) is 9.84 Å². The number of carbonyl (C=O) groups is 1. The molecule has 30 heavy (non-hydrogen) atoms. The van der Waals surface area contributed by atoms with Gasteiger partial charge in [-0.3, -0.25) is 9.69 Å². The molecule has 0 bridgehead atoms. The van der Waals surface area contributed by atoms with E-state index in [2.05, 4.69) is 24.1 Å². The van der Waals surface area contributed by atoms with Crippen LogP contribution in [0.1, 0.15) is 24.3 Å². The Morgan fingerprint density at radius 3 is 2.33 bits per heavy atom. The first kappa shape index (κ1) is 20.3. The van der Waals surface area contributed by atoms with Crippen molar-refractivity contribution in [3.05, 3.63) is 72.4 Å². The number of nitrogens with one attached hydrogen (secondary N) is 1. The number of morpholine rings is 1. The van der Waals surface area contributed by atoms with E-state index in [-0.39, 0.29) is 11.4 Å². The van der Waals surface area contributed by atoms with Crippen LogP contribution in [-0.4, -0.2) is 59.0 Å². The maximum atomic E-state index is 13.2. The molecule has 1 aliphatic rings. The molecule has 1 N–H and O–H groups in total. The average molecular weight is 405 g/mol. The Hall–Kier alpha value is -2.96. The number of amides is 1. The summed E-state index contributed by atoms with van der Waals surface area (Å²) in [5.41, 5.74) is 2.99. The largest absolute Gasteiger partial charge is 0.379 e. The molecule has 0 atom stereocenters. The second-order valence-electron chi connectivity index (χ2n) is 8.12. The zero-order valence-electron chi connectivity index (χ0n) is 17.5. The van der Waals surface area contributed by atoms with Gasteiger partial charge in [-0.2, -0.15) is 5.10 Å². The number of nitrogens with zero attached hydrogens (tertiary/aromatic N) is 3. The standard InChI is InChI=1S/C24H28N4O2/c1-24(2,27-13-15-30-16-14-27)18-25-23(29)22-17-21(19-9-5-3-6-10-19)26-28(22)20-11-7-4-8-12-20/h3-12,17H,13-16,18H2,1-2H3,(H,25,29). The van der Waals surface area contributed by atoms with Crippen LogP contribution in [0.5, 0.6) is 0 Å². The molecule has 6 nitrogen and oxygen atoms in total. The summed E-state index contributed by atoms with van der Waals surface area (Å²) in [6, 6.07) is 21.5. The van der Waals surface area contributed by atoms with Crippen LogP contribution in [-0.2, 0) is 4.74 Å². The third kappa shape index (κ3) is 4.45. The molecule has 1 saturated heterocycles. The maximum absolute atomic E-state index is 13.2. The van der Waals surface area contributed by atoms with Gasteiger partial charge in [-0.1, -0.05) is 48.5 Å². The Bertz CT molecular complexity index is 977. The molecule has 1 amide bonds. The third-order valence-corrected chi connectivity index (χ3v) is 5.56. The van der Waals surface area contributed by atoms with E-state index < -0.39 is 0 Å². The molecule has 3 aromatic rings. The van der Waals surface area contributed by atoms with Crippen molar-refractivity contribution in [2.45, 2.75) is 19.4 Å². The second-order valence-corrected chi connectivity index (χ2v) is 8.12. The van der Waals surface area contributed by atoms with Crippen molar-refractivity contribution in [2.24, 2.45) is 0 Å². The lowest BCUT2D eigenvalue weighted by atomic mass is 10.0. The van der Waals surface area contributed by atoms with Gasteiger partial charge in [0.1, 0.15) is 5.69 Å². The van der Waals surface area contributed by atoms with Crippen molar-refractivity contribution in [1.82, 2.24) is 20.0 Å². The van der Waals surface area contributed by atoms with Crippen molar-refractivity contribution in [3.63, 3.8) is 0 Å². The smallest absolute Gasteiger partial charge is 0.270 e. The number of ether oxygens (including phenoxy) is 1. The van der Waals surface area contributed by atoms with Crippen LogP contribution in [0.4, 0.5) is 0 Å². The van der Waals surface area contributed by atoms with Gasteiger partial charge in [0.2, 0.25) is 0 Å². The van der Waals surface area contributed by atoms with Crippen molar-refractivity contribution in [2.75, 3.05) is 32.8 Å². The Labute approximate surface area is 177 Å². The Kier molecular flexibility index (Phi) is 5.97. The van der Waals surface area contributed by atoms with Gasteiger partial charge in [-0.25, -0.2) is 4.68 Å². The minimum absolute atomic E-state index is 0.130. The molecular formula is C24H28N4O2. The van der Waals surface area contributed by atoms with Crippen molar-refractivity contribution < 1.29 is 9.53 Å². The average Bonchev–Trinajstić information content (AvgIpc) is 3.25. The molecule has 0 saturated carbocycles. The van der Waals surface area contributed by atoms with E-state index in [0.717, 1.165) is 43.2 Å². The first-order valence-electron chi connectivity index (χ1n) is 10.4. The van der Waals surface area contributed by atoms with E-state index in [0.29, 0.717) is 12.2 Å². The van der Waals surface area contributed by atoms with Crippen molar-refractivity contribution in [3.8, 4) is 16.9 Å². The summed E-state index contributed by atoms with van der Waals surface area (Å²) in [6.45, 7) is 8.08. The lowest BCUT2D eigenvalue weighted by Crippen LogP contribution is -2.55. The van der Waals surface area contributed by atoms with E-state index in [1.165, 1.54) is 0 Å². The van der Waals surface area contributed by atoms with E-state index in [1.807, 2.05) is 66.7 Å². The zero-order chi connectivity index (χ0) is 21.0. The van der Waals surface area contributed by atoms with Crippen molar-refractivity contribution >= 4 is 5.91 Å². The van der Waals surface area contributed by atoms with E-state index in [1.54, 1.807) is 4.68 Å². The Morgan fingerprint density at radius 1 is 1.03 bits per heavy atom. The fourth-order valence-electron chi connectivity index (χ4n) is 3.73. The van der Waals surface area contributed by atoms with Gasteiger partial charge >= 0.3 is 0 Å². The lowest BCUT2D eigenvalue weighted by Gasteiger charge is -2.40. The highest BCUT2D eigenvalue weighted by Gasteiger charge is 2.29. The molecule has 6 heteroatoms. The van der Waals surface area contributed by atoms with Crippen LogP contribution in [0.3, 0.4) is 0 Å². The minimum Gasteiger partial charge on any atom is -0.379 e. The first-order chi connectivity index (χ1) is 14.5. The van der Waals surface area contributed by atoms with Gasteiger partial charge in [0.25, 0.3) is 5.91 Å². The number of benzene rings is 2. The molecule has 1 aliphatic heterocycles. The van der Waals surface area contributed by atoms with Crippen LogP contribution in [0.25, 0.3) is 16.9 Å². The summed E-state index contributed by atoms with van der Waals surface area (Å²) < 4.78 is 7.18. The second kappa shape index (κ2) is 8.81. The maximum Gasteiger partial charge on any atom is 0.270 e. The monoisotopic (exact) mass is 404 g/mol. The molecule has 2 heterocycles. The van der Waals surface area contributed by atoms with E-state index in [9.17, 15) is 4.79 Å². The highest BCUT2D eigenvalue weighted by molar-refractivity contribution is 5.94. The Morgan fingerprint density at radius 2 is 1.67 bits per heavy atom. The summed E-state index contributed by atoms with van der Waals surface area (Å²) >= 11 is 0. The first-order valence-corrected chi connectivity index (χ1v) is 10.4. The Balaban J connectivity index is 1.58. The molecule has 4 rings (SSSR count). The number of para-hydroxylation sites is 1. The third-order valence-electron chi connectivity index (χ3n) is 5.56. The quantitative estimate of drug-likeness (QED) is 0.684. The fourth-order valence-corrected chi connectivity index (χ4v) is 3.73. The molecule has 0 radical (unpaired) electrons. The number of hydrogen-bond acceptors (Lipinski definition) is 4. The normalized spacial score (nSPS) is 15.1. The summed E-state index contributed by atoms with van der Waals surface area (Å²) in [5, 5.41) is 7.86. The van der Waals surface area contributed by atoms with Gasteiger partial charge in [0, 0.05) is 30.7 Å². The highest BCUT2D eigenvalue weighted by Crippen LogP contribution is 2.22. The van der Waals surface area contributed by atoms with Gasteiger partial charge < -0.3 is 10.1 Å². The highest BCUT2D eigenvalue weighted by atomic mass is 16.5. The topological polar surface area (TPSA) is 59.4 Å². The summed E-state index contributed by atoms with van der Waals surface area (Å²) in [4.78, 5) is 15.6. The number of carbonyl (C=O) groups excluding carboxylic acids is 1. The molecule has 1 aromatic heterocycles. The van der Waals surface area contributed by atoms with Crippen molar-refractivity contribution in [1.29, 1.82) is 0 Å². The molecule has 0 aliphatic carbocycles. The number of aromatic nitrogens is 2. The molecule has 1 fully saturated rings. The van der Waals surface area contributed by atoms with Crippen LogP contribution < -0.4 is 5.32 Å². The SMILES string of the molecule is CC(C)(CNC(=O)c1cc(-c2ccccc2)nn1-c1ccccc1)N1CCOCC1. The predicted molar refractivity (Wildman–Crippen MR) is 118 cm³/mol. The van der Waals surface area contributed by atoms with Gasteiger partial charge in [0.15, 0.2) is 0 Å². The molecule has 2 aromatic carbocycles. The van der Waals surface area contributed by atoms with Crippen LogP contribution in [0.15, 0.2) is 66.7 Å². The summed E-state index contributed by atoms with van der Waals surface area (Å²) in [5.74, 6) is -0.130. The van der Waals surface area contributed by atoms with Crippen LogP contribution in [0, 0.1) is 0 Å². The zero-order valence-corrected chi connectivity index (χ0v) is 17.5. The molecule has 156 valence electrons. The number of hydrogen-bond donors (Lipinski definition) is 1. The van der Waals surface area contributed by atoms with Gasteiger partial charge in [0.05, 0.1) is 24.6 Å². The van der Waals surface area contributed by atoms with Gasteiger partial charge in [-0.05, 0) is 32.0 Å². The van der Waals surface area contributed by atoms with Crippen LogP contribution >= 0.6 is 0 Å². The van der Waals surface area contributed by atoms with E-state index >= 15 is 0 Å². The summed E-state index contributed by atoms with van der Waals surface area (Å²) in [7, 11) is 0. The molecular weight excluding hydrogens is 376 g/mol. The summed E-state index contributed by atoms with van der Waals surface area (Å²) in [6.07, 6.45) is 0. The lowest BCUT2D eigenvalue weighted by molar-refractivity contribution is -0.00925. The molecule has 0 spiro atoms. The fraction of sp³-hybridized carbons (Fsp3) is 0.333. The minimum atomic E-state index is -0.153.